The highest BCUT2D eigenvalue weighted by molar-refractivity contribution is 5.86. The van der Waals surface area contributed by atoms with Crippen LogP contribution in [0.2, 0.25) is 0 Å². The Hall–Kier alpha value is -3.52. The van der Waals surface area contributed by atoms with E-state index in [1.54, 1.807) is 18.2 Å². The Morgan fingerprint density at radius 2 is 1.84 bits per heavy atom. The molecule has 0 radical (unpaired) electrons. The van der Waals surface area contributed by atoms with Crippen LogP contribution in [0.25, 0.3) is 11.0 Å². The standard InChI is InChI=1S/C20H14N2O3/c1-11-6-2-3-7-12(11)16-14(10-21)19(22)25-18-13-8-4-5-9-15(13)24-20(23)17(16)18/h2-9,16H,22H2,1H3/t16-/m0/s1. The van der Waals surface area contributed by atoms with E-state index in [1.807, 2.05) is 37.3 Å². The third kappa shape index (κ3) is 2.19. The SMILES string of the molecule is Cc1ccccc1[C@H]1C(C#N)=C(N)Oc2c1c(=O)oc1ccccc21. The van der Waals surface area contributed by atoms with Crippen molar-refractivity contribution in [2.24, 2.45) is 5.73 Å². The quantitative estimate of drug-likeness (QED) is 0.691. The minimum atomic E-state index is -0.615. The van der Waals surface area contributed by atoms with Crippen LogP contribution < -0.4 is 16.1 Å². The van der Waals surface area contributed by atoms with Gasteiger partial charge in [0, 0.05) is 0 Å². The number of hydrogen-bond acceptors (Lipinski definition) is 5. The first kappa shape index (κ1) is 15.0. The van der Waals surface area contributed by atoms with Crippen molar-refractivity contribution in [1.82, 2.24) is 0 Å². The Morgan fingerprint density at radius 1 is 1.12 bits per heavy atom. The average molecular weight is 330 g/mol. The summed E-state index contributed by atoms with van der Waals surface area (Å²) in [5, 5.41) is 10.3. The second-order valence-electron chi connectivity index (χ2n) is 5.91. The van der Waals surface area contributed by atoms with Gasteiger partial charge in [-0.3, -0.25) is 0 Å². The smallest absolute Gasteiger partial charge is 0.344 e. The number of nitrogens with two attached hydrogens (primary N) is 1. The van der Waals surface area contributed by atoms with Crippen molar-refractivity contribution in [3.63, 3.8) is 0 Å². The number of fused-ring (bicyclic) bond motifs is 3. The molecule has 25 heavy (non-hydrogen) atoms. The molecule has 0 spiro atoms. The van der Waals surface area contributed by atoms with Crippen LogP contribution in [0.5, 0.6) is 5.75 Å². The van der Waals surface area contributed by atoms with Gasteiger partial charge in [-0.1, -0.05) is 36.4 Å². The molecule has 0 saturated carbocycles. The predicted octanol–water partition coefficient (Wildman–Crippen LogP) is 3.32. The van der Waals surface area contributed by atoms with E-state index in [1.165, 1.54) is 0 Å². The van der Waals surface area contributed by atoms with Crippen LogP contribution in [0, 0.1) is 18.3 Å². The fraction of sp³-hybridized carbons (Fsp3) is 0.100. The van der Waals surface area contributed by atoms with Crippen LogP contribution >= 0.6 is 0 Å². The highest BCUT2D eigenvalue weighted by Gasteiger charge is 2.35. The lowest BCUT2D eigenvalue weighted by atomic mass is 9.82. The molecule has 0 fully saturated rings. The molecule has 2 aromatic carbocycles. The van der Waals surface area contributed by atoms with Crippen molar-refractivity contribution in [3.8, 4) is 11.8 Å². The van der Waals surface area contributed by atoms with Crippen LogP contribution in [-0.4, -0.2) is 0 Å². The second-order valence-corrected chi connectivity index (χ2v) is 5.91. The molecule has 122 valence electrons. The summed E-state index contributed by atoms with van der Waals surface area (Å²) in [4.78, 5) is 12.7. The van der Waals surface area contributed by atoms with Crippen LogP contribution in [0.4, 0.5) is 0 Å². The summed E-state index contributed by atoms with van der Waals surface area (Å²) >= 11 is 0. The van der Waals surface area contributed by atoms with Gasteiger partial charge in [0.05, 0.1) is 16.9 Å². The number of hydrogen-bond donors (Lipinski definition) is 1. The minimum Gasteiger partial charge on any atom is -0.439 e. The first-order valence-corrected chi connectivity index (χ1v) is 7.80. The Balaban J connectivity index is 2.12. The molecule has 3 aromatic rings. The highest BCUT2D eigenvalue weighted by Crippen LogP contribution is 2.44. The number of para-hydroxylation sites is 1. The average Bonchev–Trinajstić information content (AvgIpc) is 2.61. The van der Waals surface area contributed by atoms with Crippen LogP contribution in [0.3, 0.4) is 0 Å². The normalized spacial score (nSPS) is 16.2. The zero-order valence-electron chi connectivity index (χ0n) is 13.4. The molecule has 5 heteroatoms. The van der Waals surface area contributed by atoms with E-state index in [0.29, 0.717) is 22.3 Å². The molecule has 4 rings (SSSR count). The van der Waals surface area contributed by atoms with E-state index >= 15 is 0 Å². The summed E-state index contributed by atoms with van der Waals surface area (Å²) < 4.78 is 11.2. The largest absolute Gasteiger partial charge is 0.439 e. The van der Waals surface area contributed by atoms with Crippen LogP contribution in [-0.2, 0) is 0 Å². The van der Waals surface area contributed by atoms with Gasteiger partial charge in [-0.05, 0) is 30.2 Å². The van der Waals surface area contributed by atoms with Gasteiger partial charge < -0.3 is 14.9 Å². The number of benzene rings is 2. The molecule has 1 aliphatic rings. The number of rotatable bonds is 1. The van der Waals surface area contributed by atoms with Gasteiger partial charge in [-0.15, -0.1) is 0 Å². The van der Waals surface area contributed by atoms with E-state index in [9.17, 15) is 10.1 Å². The first-order chi connectivity index (χ1) is 12.1. The van der Waals surface area contributed by atoms with Crippen molar-refractivity contribution >= 4 is 11.0 Å². The lowest BCUT2D eigenvalue weighted by Crippen LogP contribution is -2.26. The van der Waals surface area contributed by atoms with Gasteiger partial charge in [0.15, 0.2) is 5.75 Å². The molecule has 0 saturated heterocycles. The van der Waals surface area contributed by atoms with Gasteiger partial charge in [-0.25, -0.2) is 4.79 Å². The summed E-state index contributed by atoms with van der Waals surface area (Å²) in [6.07, 6.45) is 0. The third-order valence-electron chi connectivity index (χ3n) is 4.47. The Labute approximate surface area is 143 Å². The molecular formula is C20H14N2O3. The maximum Gasteiger partial charge on any atom is 0.344 e. The summed E-state index contributed by atoms with van der Waals surface area (Å²) in [5.74, 6) is -0.244. The van der Waals surface area contributed by atoms with Gasteiger partial charge in [0.1, 0.15) is 17.2 Å². The third-order valence-corrected chi connectivity index (χ3v) is 4.47. The molecule has 1 aliphatic heterocycles. The lowest BCUT2D eigenvalue weighted by Gasteiger charge is -2.26. The second kappa shape index (κ2) is 5.53. The van der Waals surface area contributed by atoms with E-state index in [-0.39, 0.29) is 11.5 Å². The van der Waals surface area contributed by atoms with Gasteiger partial charge >= 0.3 is 5.63 Å². The lowest BCUT2D eigenvalue weighted by molar-refractivity contribution is 0.388. The van der Waals surface area contributed by atoms with Gasteiger partial charge in [0.25, 0.3) is 0 Å². The van der Waals surface area contributed by atoms with Crippen molar-refractivity contribution < 1.29 is 9.15 Å². The van der Waals surface area contributed by atoms with Gasteiger partial charge in [-0.2, -0.15) is 5.26 Å². The summed E-state index contributed by atoms with van der Waals surface area (Å²) in [7, 11) is 0. The number of aryl methyl sites for hydroxylation is 1. The Bertz CT molecular complexity index is 1140. The number of nitriles is 1. The number of allylic oxidation sites excluding steroid dienone is 1. The molecule has 1 aromatic heterocycles. The van der Waals surface area contributed by atoms with Crippen LogP contribution in [0.15, 0.2) is 69.2 Å². The van der Waals surface area contributed by atoms with Crippen molar-refractivity contribution in [3.05, 3.63) is 87.1 Å². The van der Waals surface area contributed by atoms with Crippen molar-refractivity contribution in [2.75, 3.05) is 0 Å². The first-order valence-electron chi connectivity index (χ1n) is 7.80. The minimum absolute atomic E-state index is 0.0130. The topological polar surface area (TPSA) is 89.3 Å². The fourth-order valence-electron chi connectivity index (χ4n) is 3.29. The van der Waals surface area contributed by atoms with Crippen LogP contribution in [0.1, 0.15) is 22.6 Å². The molecule has 2 N–H and O–H groups in total. The van der Waals surface area contributed by atoms with E-state index in [0.717, 1.165) is 11.1 Å². The molecule has 0 aliphatic carbocycles. The summed E-state index contributed by atoms with van der Waals surface area (Å²) in [5.41, 5.74) is 8.22. The number of nitrogens with zero attached hydrogens (tertiary/aromatic N) is 1. The molecule has 5 nitrogen and oxygen atoms in total. The zero-order chi connectivity index (χ0) is 17.6. The Kier molecular flexibility index (Phi) is 3.33. The molecule has 0 amide bonds. The Morgan fingerprint density at radius 3 is 2.60 bits per heavy atom. The monoisotopic (exact) mass is 330 g/mol. The molecule has 0 bridgehead atoms. The number of ether oxygens (including phenoxy) is 1. The molecule has 2 heterocycles. The molecule has 1 atom stereocenters. The maximum atomic E-state index is 12.7. The van der Waals surface area contributed by atoms with Gasteiger partial charge in [0.2, 0.25) is 5.88 Å². The van der Waals surface area contributed by atoms with Crippen molar-refractivity contribution in [2.45, 2.75) is 12.8 Å². The molecule has 0 unspecified atom stereocenters. The van der Waals surface area contributed by atoms with E-state index in [2.05, 4.69) is 6.07 Å². The van der Waals surface area contributed by atoms with E-state index < -0.39 is 11.5 Å². The summed E-state index contributed by atoms with van der Waals surface area (Å²) in [6, 6.07) is 16.8. The zero-order valence-corrected chi connectivity index (χ0v) is 13.4. The highest BCUT2D eigenvalue weighted by atomic mass is 16.5. The van der Waals surface area contributed by atoms with E-state index in [4.69, 9.17) is 14.9 Å². The maximum absolute atomic E-state index is 12.7. The van der Waals surface area contributed by atoms with Crippen molar-refractivity contribution in [1.29, 1.82) is 5.26 Å². The molecular weight excluding hydrogens is 316 g/mol. The summed E-state index contributed by atoms with van der Waals surface area (Å²) in [6.45, 7) is 1.93. The fourth-order valence-corrected chi connectivity index (χ4v) is 3.29. The predicted molar refractivity (Wildman–Crippen MR) is 93.0 cm³/mol.